The highest BCUT2D eigenvalue weighted by atomic mass is 32.2. The molecule has 152 valence electrons. The van der Waals surface area contributed by atoms with E-state index in [-0.39, 0.29) is 9.92 Å². The highest BCUT2D eigenvalue weighted by Crippen LogP contribution is 2.36. The number of anilines is 1. The number of oxazole rings is 1. The van der Waals surface area contributed by atoms with Crippen LogP contribution in [0.4, 0.5) is 5.88 Å². The Bertz CT molecular complexity index is 1080. The standard InChI is InChI=1S/C22H24N2O4S/c1-3-27-18-10-8-17(9-11-18)20-23-21(22(28-20)24-14-4-5-15-24)29(25,26)19-12-6-16(2)7-13-19/h6-13H,3-5,14-15H2,1-2H3. The maximum absolute atomic E-state index is 13.3. The molecule has 0 amide bonds. The van der Waals surface area contributed by atoms with Crippen molar-refractivity contribution in [2.45, 2.75) is 36.6 Å². The number of nitrogens with zero attached hydrogens (tertiary/aromatic N) is 2. The number of benzene rings is 2. The van der Waals surface area contributed by atoms with Crippen molar-refractivity contribution in [2.24, 2.45) is 0 Å². The molecule has 0 spiro atoms. The minimum absolute atomic E-state index is 0.0212. The number of hydrogen-bond acceptors (Lipinski definition) is 6. The number of aryl methyl sites for hydroxylation is 1. The van der Waals surface area contributed by atoms with Gasteiger partial charge in [0.2, 0.25) is 26.6 Å². The van der Waals surface area contributed by atoms with Gasteiger partial charge in [-0.15, -0.1) is 0 Å². The fraction of sp³-hybridized carbons (Fsp3) is 0.318. The van der Waals surface area contributed by atoms with E-state index in [0.29, 0.717) is 23.9 Å². The van der Waals surface area contributed by atoms with E-state index < -0.39 is 9.84 Å². The molecule has 4 rings (SSSR count). The fourth-order valence-electron chi connectivity index (χ4n) is 3.41. The monoisotopic (exact) mass is 412 g/mol. The zero-order valence-electron chi connectivity index (χ0n) is 16.6. The predicted octanol–water partition coefficient (Wildman–Crippen LogP) is 4.48. The van der Waals surface area contributed by atoms with Gasteiger partial charge in [0.1, 0.15) is 5.75 Å². The molecule has 1 aliphatic heterocycles. The third kappa shape index (κ3) is 3.87. The number of ether oxygens (including phenoxy) is 1. The lowest BCUT2D eigenvalue weighted by atomic mass is 10.2. The molecule has 1 aliphatic rings. The molecule has 0 saturated carbocycles. The topological polar surface area (TPSA) is 72.6 Å². The maximum Gasteiger partial charge on any atom is 0.236 e. The molecule has 0 atom stereocenters. The Morgan fingerprint density at radius 3 is 2.31 bits per heavy atom. The largest absolute Gasteiger partial charge is 0.494 e. The van der Waals surface area contributed by atoms with Crippen molar-refractivity contribution in [1.82, 2.24) is 4.98 Å². The number of hydrogen-bond donors (Lipinski definition) is 0. The summed E-state index contributed by atoms with van der Waals surface area (Å²) in [6.07, 6.45) is 2.01. The van der Waals surface area contributed by atoms with E-state index in [1.54, 1.807) is 24.3 Å². The molecule has 1 aromatic heterocycles. The zero-order chi connectivity index (χ0) is 20.4. The van der Waals surface area contributed by atoms with Gasteiger partial charge in [0.05, 0.1) is 11.5 Å². The third-order valence-corrected chi connectivity index (χ3v) is 6.64. The Kier molecular flexibility index (Phi) is 5.32. The Balaban J connectivity index is 1.79. The van der Waals surface area contributed by atoms with Gasteiger partial charge in [0.15, 0.2) is 0 Å². The van der Waals surface area contributed by atoms with Crippen LogP contribution >= 0.6 is 0 Å². The predicted molar refractivity (Wildman–Crippen MR) is 111 cm³/mol. The maximum atomic E-state index is 13.3. The number of sulfone groups is 1. The van der Waals surface area contributed by atoms with Crippen LogP contribution in [0.2, 0.25) is 0 Å². The van der Waals surface area contributed by atoms with Crippen molar-refractivity contribution in [2.75, 3.05) is 24.6 Å². The lowest BCUT2D eigenvalue weighted by Crippen LogP contribution is -2.19. The highest BCUT2D eigenvalue weighted by molar-refractivity contribution is 7.91. The summed E-state index contributed by atoms with van der Waals surface area (Å²) in [6, 6.07) is 14.1. The molecular formula is C22H24N2O4S. The fourth-order valence-corrected chi connectivity index (χ4v) is 4.73. The van der Waals surface area contributed by atoms with Crippen LogP contribution in [0.5, 0.6) is 5.75 Å². The summed E-state index contributed by atoms with van der Waals surface area (Å²) < 4.78 is 38.2. The summed E-state index contributed by atoms with van der Waals surface area (Å²) in [7, 11) is -3.80. The molecule has 2 heterocycles. The molecule has 6 nitrogen and oxygen atoms in total. The molecule has 0 bridgehead atoms. The smallest absolute Gasteiger partial charge is 0.236 e. The molecule has 0 N–H and O–H groups in total. The van der Waals surface area contributed by atoms with Gasteiger partial charge in [-0.25, -0.2) is 8.42 Å². The van der Waals surface area contributed by atoms with Crippen LogP contribution in [-0.4, -0.2) is 33.1 Å². The van der Waals surface area contributed by atoms with Crippen LogP contribution in [0.3, 0.4) is 0 Å². The molecule has 0 unspecified atom stereocenters. The van der Waals surface area contributed by atoms with Crippen LogP contribution in [0.1, 0.15) is 25.3 Å². The van der Waals surface area contributed by atoms with Gasteiger partial charge in [-0.3, -0.25) is 0 Å². The van der Waals surface area contributed by atoms with E-state index in [9.17, 15) is 8.42 Å². The Labute approximate surface area is 171 Å². The average molecular weight is 413 g/mol. The second kappa shape index (κ2) is 7.91. The zero-order valence-corrected chi connectivity index (χ0v) is 17.4. The van der Waals surface area contributed by atoms with Crippen LogP contribution < -0.4 is 9.64 Å². The van der Waals surface area contributed by atoms with Gasteiger partial charge >= 0.3 is 0 Å². The summed E-state index contributed by atoms with van der Waals surface area (Å²) in [5.41, 5.74) is 1.71. The van der Waals surface area contributed by atoms with Crippen molar-refractivity contribution < 1.29 is 17.6 Å². The SMILES string of the molecule is CCOc1ccc(-c2nc(S(=O)(=O)c3ccc(C)cc3)c(N3CCCC3)o2)cc1. The molecule has 0 aliphatic carbocycles. The minimum atomic E-state index is -3.80. The average Bonchev–Trinajstić information content (AvgIpc) is 3.39. The van der Waals surface area contributed by atoms with Gasteiger partial charge in [-0.2, -0.15) is 4.98 Å². The van der Waals surface area contributed by atoms with Gasteiger partial charge in [-0.05, 0) is 63.1 Å². The molecule has 1 fully saturated rings. The van der Waals surface area contributed by atoms with Gasteiger partial charge in [0.25, 0.3) is 0 Å². The van der Waals surface area contributed by atoms with Crippen LogP contribution in [0, 0.1) is 6.92 Å². The summed E-state index contributed by atoms with van der Waals surface area (Å²) in [6.45, 7) is 5.94. The first kappa shape index (κ1) is 19.5. The first-order chi connectivity index (χ1) is 14.0. The van der Waals surface area contributed by atoms with Crippen molar-refractivity contribution in [3.05, 3.63) is 54.1 Å². The van der Waals surface area contributed by atoms with Gasteiger partial charge in [0, 0.05) is 18.7 Å². The van der Waals surface area contributed by atoms with E-state index in [4.69, 9.17) is 9.15 Å². The Hall–Kier alpha value is -2.80. The Morgan fingerprint density at radius 1 is 1.03 bits per heavy atom. The first-order valence-corrected chi connectivity index (χ1v) is 11.3. The summed E-state index contributed by atoms with van der Waals surface area (Å²) in [5.74, 6) is 1.36. The summed E-state index contributed by atoms with van der Waals surface area (Å²) in [4.78, 5) is 6.62. The van der Waals surface area contributed by atoms with Crippen LogP contribution in [0.15, 0.2) is 62.9 Å². The quantitative estimate of drug-likeness (QED) is 0.594. The lowest BCUT2D eigenvalue weighted by molar-refractivity contribution is 0.340. The molecule has 0 radical (unpaired) electrons. The number of rotatable bonds is 6. The summed E-state index contributed by atoms with van der Waals surface area (Å²) >= 11 is 0. The second-order valence-electron chi connectivity index (χ2n) is 7.10. The second-order valence-corrected chi connectivity index (χ2v) is 8.96. The van der Waals surface area contributed by atoms with Crippen molar-refractivity contribution in [3.63, 3.8) is 0 Å². The van der Waals surface area contributed by atoms with Gasteiger partial charge < -0.3 is 14.1 Å². The third-order valence-electron chi connectivity index (χ3n) is 4.97. The van der Waals surface area contributed by atoms with E-state index in [1.807, 2.05) is 43.0 Å². The van der Waals surface area contributed by atoms with Crippen molar-refractivity contribution in [3.8, 4) is 17.2 Å². The molecule has 29 heavy (non-hydrogen) atoms. The van der Waals surface area contributed by atoms with Crippen molar-refractivity contribution in [1.29, 1.82) is 0 Å². The molecule has 7 heteroatoms. The molecule has 2 aromatic carbocycles. The van der Waals surface area contributed by atoms with E-state index in [1.165, 1.54) is 0 Å². The molecule has 3 aromatic rings. The van der Waals surface area contributed by atoms with Crippen LogP contribution in [-0.2, 0) is 9.84 Å². The van der Waals surface area contributed by atoms with E-state index in [0.717, 1.165) is 37.2 Å². The first-order valence-electron chi connectivity index (χ1n) is 9.80. The number of aromatic nitrogens is 1. The van der Waals surface area contributed by atoms with Gasteiger partial charge in [-0.1, -0.05) is 17.7 Å². The molecule has 1 saturated heterocycles. The summed E-state index contributed by atoms with van der Waals surface area (Å²) in [5, 5.41) is -0.0212. The Morgan fingerprint density at radius 2 is 1.69 bits per heavy atom. The normalized spacial score (nSPS) is 14.3. The molecular weight excluding hydrogens is 388 g/mol. The van der Waals surface area contributed by atoms with E-state index >= 15 is 0 Å². The van der Waals surface area contributed by atoms with Crippen LogP contribution in [0.25, 0.3) is 11.5 Å². The van der Waals surface area contributed by atoms with Crippen molar-refractivity contribution >= 4 is 15.7 Å². The lowest BCUT2D eigenvalue weighted by Gasteiger charge is -2.14. The highest BCUT2D eigenvalue weighted by Gasteiger charge is 2.32. The van der Waals surface area contributed by atoms with E-state index in [2.05, 4.69) is 4.98 Å². The minimum Gasteiger partial charge on any atom is -0.494 e.